The van der Waals surface area contributed by atoms with Gasteiger partial charge in [0.15, 0.2) is 0 Å². The van der Waals surface area contributed by atoms with E-state index in [0.29, 0.717) is 16.7 Å². The molecule has 0 aromatic heterocycles. The van der Waals surface area contributed by atoms with E-state index in [1.807, 2.05) is 0 Å². The molecule has 0 aliphatic carbocycles. The van der Waals surface area contributed by atoms with Crippen LogP contribution in [0.5, 0.6) is 0 Å². The lowest BCUT2D eigenvalue weighted by molar-refractivity contribution is 0.543. The van der Waals surface area contributed by atoms with E-state index in [1.165, 1.54) is 6.07 Å². The number of aryl methyl sites for hydroxylation is 1. The zero-order valence-electron chi connectivity index (χ0n) is 10.7. The van der Waals surface area contributed by atoms with Gasteiger partial charge in [0.25, 0.3) is 0 Å². The van der Waals surface area contributed by atoms with Crippen molar-refractivity contribution in [1.82, 2.24) is 5.32 Å². The van der Waals surface area contributed by atoms with Crippen LogP contribution in [0.4, 0.5) is 8.78 Å². The Balaban J connectivity index is 2.56. The van der Waals surface area contributed by atoms with Crippen molar-refractivity contribution in [2.24, 2.45) is 0 Å². The van der Waals surface area contributed by atoms with E-state index in [4.69, 9.17) is 0 Å². The molecule has 1 atom stereocenters. The van der Waals surface area contributed by atoms with Crippen molar-refractivity contribution < 1.29 is 8.78 Å². The Morgan fingerprint density at radius 1 is 1.11 bits per heavy atom. The molecular weight excluding hydrogens is 312 g/mol. The standard InChI is InChI=1S/C15H14BrF2N/c1-9-4-3-5-11(14(9)18)15(19-2)12-8-10(16)6-7-13(12)17/h3-8,15,19H,1-2H3. The monoisotopic (exact) mass is 325 g/mol. The second-order valence-electron chi connectivity index (χ2n) is 4.37. The van der Waals surface area contributed by atoms with Gasteiger partial charge in [-0.15, -0.1) is 0 Å². The molecular formula is C15H14BrF2N. The van der Waals surface area contributed by atoms with Crippen LogP contribution in [-0.4, -0.2) is 7.05 Å². The normalized spacial score (nSPS) is 12.5. The van der Waals surface area contributed by atoms with Crippen molar-refractivity contribution in [1.29, 1.82) is 0 Å². The Kier molecular flexibility index (Phi) is 4.32. The average Bonchev–Trinajstić information content (AvgIpc) is 2.39. The van der Waals surface area contributed by atoms with E-state index in [9.17, 15) is 8.78 Å². The van der Waals surface area contributed by atoms with Gasteiger partial charge in [-0.2, -0.15) is 0 Å². The van der Waals surface area contributed by atoms with Gasteiger partial charge in [0.2, 0.25) is 0 Å². The fraction of sp³-hybridized carbons (Fsp3) is 0.200. The van der Waals surface area contributed by atoms with Crippen molar-refractivity contribution in [2.75, 3.05) is 7.05 Å². The van der Waals surface area contributed by atoms with Crippen molar-refractivity contribution in [3.63, 3.8) is 0 Å². The lowest BCUT2D eigenvalue weighted by Gasteiger charge is -2.19. The Morgan fingerprint density at radius 3 is 2.53 bits per heavy atom. The van der Waals surface area contributed by atoms with Crippen molar-refractivity contribution in [3.05, 3.63) is 69.2 Å². The first-order valence-corrected chi connectivity index (χ1v) is 6.71. The zero-order chi connectivity index (χ0) is 14.0. The van der Waals surface area contributed by atoms with Crippen molar-refractivity contribution in [3.8, 4) is 0 Å². The van der Waals surface area contributed by atoms with Crippen LogP contribution in [0.2, 0.25) is 0 Å². The smallest absolute Gasteiger partial charge is 0.131 e. The molecule has 0 radical (unpaired) electrons. The summed E-state index contributed by atoms with van der Waals surface area (Å²) in [5, 5.41) is 2.97. The molecule has 0 saturated heterocycles. The van der Waals surface area contributed by atoms with E-state index < -0.39 is 6.04 Å². The maximum absolute atomic E-state index is 14.2. The minimum absolute atomic E-state index is 0.304. The van der Waals surface area contributed by atoms with Crippen LogP contribution in [0, 0.1) is 18.6 Å². The Bertz CT molecular complexity index is 597. The van der Waals surface area contributed by atoms with E-state index in [1.54, 1.807) is 44.3 Å². The molecule has 0 aliphatic heterocycles. The van der Waals surface area contributed by atoms with Crippen LogP contribution in [0.3, 0.4) is 0 Å². The lowest BCUT2D eigenvalue weighted by atomic mass is 9.96. The third-order valence-corrected chi connectivity index (χ3v) is 3.58. The van der Waals surface area contributed by atoms with Crippen LogP contribution in [0.15, 0.2) is 40.9 Å². The Labute approximate surface area is 119 Å². The summed E-state index contributed by atoms with van der Waals surface area (Å²) in [5.74, 6) is -0.662. The number of nitrogens with one attached hydrogen (secondary N) is 1. The third kappa shape index (κ3) is 2.85. The van der Waals surface area contributed by atoms with Gasteiger partial charge in [0, 0.05) is 15.6 Å². The first kappa shape index (κ1) is 14.2. The molecule has 0 aliphatic rings. The molecule has 1 nitrogen and oxygen atoms in total. The number of hydrogen-bond donors (Lipinski definition) is 1. The fourth-order valence-electron chi connectivity index (χ4n) is 2.11. The summed E-state index contributed by atoms with van der Waals surface area (Å²) in [5.41, 5.74) is 1.41. The lowest BCUT2D eigenvalue weighted by Crippen LogP contribution is -2.20. The molecule has 19 heavy (non-hydrogen) atoms. The van der Waals surface area contributed by atoms with Gasteiger partial charge in [0.05, 0.1) is 6.04 Å². The summed E-state index contributed by atoms with van der Waals surface area (Å²) >= 11 is 3.31. The molecule has 1 unspecified atom stereocenters. The van der Waals surface area contributed by atoms with Gasteiger partial charge in [-0.05, 0) is 37.7 Å². The predicted octanol–water partition coefficient (Wildman–Crippen LogP) is 4.34. The molecule has 4 heteroatoms. The quantitative estimate of drug-likeness (QED) is 0.884. The third-order valence-electron chi connectivity index (χ3n) is 3.09. The first-order chi connectivity index (χ1) is 9.04. The largest absolute Gasteiger partial charge is 0.309 e. The highest BCUT2D eigenvalue weighted by Crippen LogP contribution is 2.29. The Morgan fingerprint density at radius 2 is 1.84 bits per heavy atom. The highest BCUT2D eigenvalue weighted by atomic mass is 79.9. The van der Waals surface area contributed by atoms with Crippen LogP contribution >= 0.6 is 15.9 Å². The summed E-state index contributed by atoms with van der Waals surface area (Å²) in [6.45, 7) is 1.70. The average molecular weight is 326 g/mol. The first-order valence-electron chi connectivity index (χ1n) is 5.92. The SMILES string of the molecule is CNC(c1cc(Br)ccc1F)c1cccc(C)c1F. The van der Waals surface area contributed by atoms with Crippen molar-refractivity contribution >= 4 is 15.9 Å². The predicted molar refractivity (Wildman–Crippen MR) is 76.1 cm³/mol. The second kappa shape index (κ2) is 5.80. The maximum Gasteiger partial charge on any atom is 0.131 e. The van der Waals surface area contributed by atoms with E-state index in [-0.39, 0.29) is 11.6 Å². The molecule has 2 rings (SSSR count). The maximum atomic E-state index is 14.2. The van der Waals surface area contributed by atoms with E-state index in [0.717, 1.165) is 4.47 Å². The molecule has 0 heterocycles. The fourth-order valence-corrected chi connectivity index (χ4v) is 2.49. The van der Waals surface area contributed by atoms with Crippen LogP contribution in [-0.2, 0) is 0 Å². The molecule has 0 saturated carbocycles. The van der Waals surface area contributed by atoms with Gasteiger partial charge in [-0.3, -0.25) is 0 Å². The molecule has 100 valence electrons. The highest BCUT2D eigenvalue weighted by Gasteiger charge is 2.20. The summed E-state index contributed by atoms with van der Waals surface area (Å²) < 4.78 is 28.9. The number of benzene rings is 2. The number of halogens is 3. The zero-order valence-corrected chi connectivity index (χ0v) is 12.3. The molecule has 1 N–H and O–H groups in total. The summed E-state index contributed by atoms with van der Waals surface area (Å²) in [6.07, 6.45) is 0. The molecule has 2 aromatic rings. The van der Waals surface area contributed by atoms with Crippen molar-refractivity contribution in [2.45, 2.75) is 13.0 Å². The van der Waals surface area contributed by atoms with Crippen LogP contribution < -0.4 is 5.32 Å². The summed E-state index contributed by atoms with van der Waals surface area (Å²) in [4.78, 5) is 0. The minimum Gasteiger partial charge on any atom is -0.309 e. The van der Waals surface area contributed by atoms with E-state index >= 15 is 0 Å². The number of hydrogen-bond acceptors (Lipinski definition) is 1. The van der Waals surface area contributed by atoms with Gasteiger partial charge < -0.3 is 5.32 Å². The van der Waals surface area contributed by atoms with Gasteiger partial charge in [-0.1, -0.05) is 34.1 Å². The van der Waals surface area contributed by atoms with Crippen LogP contribution in [0.1, 0.15) is 22.7 Å². The summed E-state index contributed by atoms with van der Waals surface area (Å²) in [6, 6.07) is 9.28. The van der Waals surface area contributed by atoms with E-state index in [2.05, 4.69) is 21.2 Å². The molecule has 2 aromatic carbocycles. The Hall–Kier alpha value is -1.26. The second-order valence-corrected chi connectivity index (χ2v) is 5.28. The molecule has 0 fully saturated rings. The highest BCUT2D eigenvalue weighted by molar-refractivity contribution is 9.10. The molecule has 0 bridgehead atoms. The summed E-state index contributed by atoms with van der Waals surface area (Å²) in [7, 11) is 1.69. The number of rotatable bonds is 3. The molecule has 0 amide bonds. The van der Waals surface area contributed by atoms with Gasteiger partial charge >= 0.3 is 0 Å². The van der Waals surface area contributed by atoms with Gasteiger partial charge in [0.1, 0.15) is 11.6 Å². The van der Waals surface area contributed by atoms with Crippen LogP contribution in [0.25, 0.3) is 0 Å². The molecule has 0 spiro atoms. The van der Waals surface area contributed by atoms with Gasteiger partial charge in [-0.25, -0.2) is 8.78 Å². The topological polar surface area (TPSA) is 12.0 Å². The minimum atomic E-state index is -0.516.